The first-order valence-corrected chi connectivity index (χ1v) is 6.99. The van der Waals surface area contributed by atoms with Crippen molar-refractivity contribution in [3.8, 4) is 0 Å². The molecule has 1 aliphatic carbocycles. The zero-order valence-electron chi connectivity index (χ0n) is 11.2. The Bertz CT molecular complexity index is 439. The van der Waals surface area contributed by atoms with Crippen molar-refractivity contribution in [3.63, 3.8) is 0 Å². The minimum Gasteiger partial charge on any atom is -0.388 e. The Morgan fingerprint density at radius 2 is 2.26 bits per heavy atom. The molecule has 104 valence electrons. The highest BCUT2D eigenvalue weighted by Gasteiger charge is 2.22. The van der Waals surface area contributed by atoms with Crippen LogP contribution in [-0.4, -0.2) is 29.3 Å². The third kappa shape index (κ3) is 3.96. The van der Waals surface area contributed by atoms with Gasteiger partial charge in [0.1, 0.15) is 10.7 Å². The van der Waals surface area contributed by atoms with E-state index < -0.39 is 0 Å². The van der Waals surface area contributed by atoms with Gasteiger partial charge in [0, 0.05) is 18.9 Å². The molecule has 1 fully saturated rings. The van der Waals surface area contributed by atoms with Gasteiger partial charge in [-0.15, -0.1) is 0 Å². The van der Waals surface area contributed by atoms with Crippen molar-refractivity contribution in [2.24, 2.45) is 5.73 Å². The molecule has 19 heavy (non-hydrogen) atoms. The lowest BCUT2D eigenvalue weighted by molar-refractivity contribution is -0.0364. The Hall–Kier alpha value is -1.04. The van der Waals surface area contributed by atoms with E-state index in [1.807, 2.05) is 12.1 Å². The van der Waals surface area contributed by atoms with Gasteiger partial charge in [-0.05, 0) is 31.7 Å². The van der Waals surface area contributed by atoms with Gasteiger partial charge in [0.25, 0.3) is 0 Å². The Kier molecular flexibility index (Phi) is 5.24. The van der Waals surface area contributed by atoms with Crippen molar-refractivity contribution in [2.45, 2.75) is 44.5 Å². The molecule has 0 saturated heterocycles. The minimum absolute atomic E-state index is 0.248. The lowest BCUT2D eigenvalue weighted by Crippen LogP contribution is -2.27. The van der Waals surface area contributed by atoms with E-state index >= 15 is 0 Å². The summed E-state index contributed by atoms with van der Waals surface area (Å²) in [5.41, 5.74) is 7.28. The molecule has 1 saturated carbocycles. The summed E-state index contributed by atoms with van der Waals surface area (Å²) >= 11 is 5.00. The lowest BCUT2D eigenvalue weighted by Gasteiger charge is -2.28. The molecule has 0 spiro atoms. The molecule has 4 nitrogen and oxygen atoms in total. The monoisotopic (exact) mass is 280 g/mol. The average molecular weight is 280 g/mol. The van der Waals surface area contributed by atoms with Crippen LogP contribution in [0.1, 0.15) is 36.9 Å². The summed E-state index contributed by atoms with van der Waals surface area (Å²) in [4.78, 5) is 4.52. The Morgan fingerprint density at radius 3 is 3.00 bits per heavy atom. The van der Waals surface area contributed by atoms with Crippen LogP contribution < -0.4 is 5.73 Å². The number of rotatable bonds is 5. The quantitative estimate of drug-likeness (QED) is 0.838. The van der Waals surface area contributed by atoms with Crippen molar-refractivity contribution >= 4 is 17.2 Å². The molecule has 2 unspecified atom stereocenters. The highest BCUT2D eigenvalue weighted by atomic mass is 32.1. The molecule has 1 aromatic heterocycles. The lowest BCUT2D eigenvalue weighted by atomic mass is 9.95. The van der Waals surface area contributed by atoms with Gasteiger partial charge in [0.15, 0.2) is 0 Å². The maximum absolute atomic E-state index is 5.96. The number of aromatic nitrogens is 1. The summed E-state index contributed by atoms with van der Waals surface area (Å²) in [5, 5.41) is 0. The highest BCUT2D eigenvalue weighted by molar-refractivity contribution is 7.80. The zero-order chi connectivity index (χ0) is 13.7. The smallest absolute Gasteiger partial charge is 0.123 e. The van der Waals surface area contributed by atoms with E-state index in [4.69, 9.17) is 27.4 Å². The Balaban J connectivity index is 1.93. The van der Waals surface area contributed by atoms with Crippen LogP contribution in [0.2, 0.25) is 0 Å². The summed E-state index contributed by atoms with van der Waals surface area (Å²) in [5.74, 6) is 0. The third-order valence-corrected chi connectivity index (χ3v) is 3.70. The molecule has 0 aliphatic heterocycles. The Morgan fingerprint density at radius 1 is 1.47 bits per heavy atom. The molecule has 0 aromatic carbocycles. The predicted octanol–water partition coefficient (Wildman–Crippen LogP) is 2.19. The van der Waals surface area contributed by atoms with E-state index in [2.05, 4.69) is 4.98 Å². The molecule has 2 N–H and O–H groups in total. The largest absolute Gasteiger partial charge is 0.388 e. The molecule has 0 radical (unpaired) electrons. The van der Waals surface area contributed by atoms with Crippen molar-refractivity contribution in [1.82, 2.24) is 4.98 Å². The zero-order valence-corrected chi connectivity index (χ0v) is 12.0. The molecule has 2 rings (SSSR count). The van der Waals surface area contributed by atoms with Crippen LogP contribution >= 0.6 is 12.2 Å². The fourth-order valence-corrected chi connectivity index (χ4v) is 2.64. The number of hydrogen-bond acceptors (Lipinski definition) is 4. The van der Waals surface area contributed by atoms with Crippen molar-refractivity contribution in [1.29, 1.82) is 0 Å². The van der Waals surface area contributed by atoms with Gasteiger partial charge < -0.3 is 15.2 Å². The number of methoxy groups -OCH3 is 1. The third-order valence-electron chi connectivity index (χ3n) is 3.51. The topological polar surface area (TPSA) is 57.4 Å². The molecule has 0 amide bonds. The van der Waals surface area contributed by atoms with Crippen molar-refractivity contribution in [2.75, 3.05) is 7.11 Å². The van der Waals surface area contributed by atoms with Gasteiger partial charge in [-0.3, -0.25) is 4.98 Å². The van der Waals surface area contributed by atoms with Crippen LogP contribution in [0.15, 0.2) is 18.3 Å². The molecule has 0 bridgehead atoms. The number of nitrogens with zero attached hydrogens (tertiary/aromatic N) is 1. The summed E-state index contributed by atoms with van der Waals surface area (Å²) in [6, 6.07) is 3.83. The first-order valence-electron chi connectivity index (χ1n) is 6.58. The van der Waals surface area contributed by atoms with Crippen LogP contribution in [0, 0.1) is 0 Å². The fraction of sp³-hybridized carbons (Fsp3) is 0.571. The van der Waals surface area contributed by atoms with E-state index in [-0.39, 0.29) is 6.10 Å². The number of thiocarbonyl (C=S) groups is 1. The molecular formula is C14H20N2O2S. The SMILES string of the molecule is COC1CCCC(OCc2cccnc2C(N)=S)C1. The van der Waals surface area contributed by atoms with E-state index in [9.17, 15) is 0 Å². The van der Waals surface area contributed by atoms with Gasteiger partial charge in [0.2, 0.25) is 0 Å². The van der Waals surface area contributed by atoms with Crippen LogP contribution in [0.5, 0.6) is 0 Å². The minimum atomic E-state index is 0.248. The standard InChI is InChI=1S/C14H20N2O2S/c1-17-11-5-2-6-12(8-11)18-9-10-4-3-7-16-13(10)14(15)19/h3-4,7,11-12H,2,5-6,8-9H2,1H3,(H2,15,19). The molecule has 2 atom stereocenters. The molecular weight excluding hydrogens is 260 g/mol. The van der Waals surface area contributed by atoms with Gasteiger partial charge in [0.05, 0.1) is 18.8 Å². The molecule has 1 aromatic rings. The number of ether oxygens (including phenoxy) is 2. The first kappa shape index (κ1) is 14.4. The van der Waals surface area contributed by atoms with Crippen LogP contribution in [-0.2, 0) is 16.1 Å². The number of hydrogen-bond donors (Lipinski definition) is 1. The van der Waals surface area contributed by atoms with Crippen LogP contribution in [0.4, 0.5) is 0 Å². The summed E-state index contributed by atoms with van der Waals surface area (Å²) in [6.45, 7) is 0.502. The fourth-order valence-electron chi connectivity index (χ4n) is 2.45. The predicted molar refractivity (Wildman–Crippen MR) is 78.0 cm³/mol. The van der Waals surface area contributed by atoms with Crippen molar-refractivity contribution in [3.05, 3.63) is 29.6 Å². The Labute approximate surface area is 119 Å². The van der Waals surface area contributed by atoms with E-state index in [1.165, 1.54) is 0 Å². The number of nitrogens with two attached hydrogens (primary N) is 1. The summed E-state index contributed by atoms with van der Waals surface area (Å²) in [6.07, 6.45) is 6.59. The van der Waals surface area contributed by atoms with Gasteiger partial charge in [-0.1, -0.05) is 18.3 Å². The van der Waals surface area contributed by atoms with E-state index in [0.29, 0.717) is 23.4 Å². The molecule has 1 aliphatic rings. The maximum Gasteiger partial charge on any atom is 0.123 e. The maximum atomic E-state index is 5.96. The van der Waals surface area contributed by atoms with Crippen LogP contribution in [0.25, 0.3) is 0 Å². The normalized spacial score (nSPS) is 23.2. The number of pyridine rings is 1. The molecule has 1 heterocycles. The average Bonchev–Trinajstić information content (AvgIpc) is 2.45. The van der Waals surface area contributed by atoms with Crippen LogP contribution in [0.3, 0.4) is 0 Å². The van der Waals surface area contributed by atoms with Crippen molar-refractivity contribution < 1.29 is 9.47 Å². The van der Waals surface area contributed by atoms with Gasteiger partial charge >= 0.3 is 0 Å². The second kappa shape index (κ2) is 6.93. The highest BCUT2D eigenvalue weighted by Crippen LogP contribution is 2.24. The summed E-state index contributed by atoms with van der Waals surface area (Å²) in [7, 11) is 1.76. The van der Waals surface area contributed by atoms with Gasteiger partial charge in [-0.2, -0.15) is 0 Å². The van der Waals surface area contributed by atoms with Gasteiger partial charge in [-0.25, -0.2) is 0 Å². The second-order valence-electron chi connectivity index (χ2n) is 4.83. The summed E-state index contributed by atoms with van der Waals surface area (Å²) < 4.78 is 11.4. The molecule has 5 heteroatoms. The first-order chi connectivity index (χ1) is 9.20. The van der Waals surface area contributed by atoms with E-state index in [1.54, 1.807) is 13.3 Å². The second-order valence-corrected chi connectivity index (χ2v) is 5.27. The van der Waals surface area contributed by atoms with E-state index in [0.717, 1.165) is 31.2 Å².